The van der Waals surface area contributed by atoms with E-state index < -0.39 is 0 Å². The number of hydrogen-bond donors (Lipinski definition) is 0. The van der Waals surface area contributed by atoms with Crippen LogP contribution in [0.1, 0.15) is 19.7 Å². The number of aryl methyl sites for hydroxylation is 1. The first-order valence-corrected chi connectivity index (χ1v) is 8.17. The van der Waals surface area contributed by atoms with Gasteiger partial charge >= 0.3 is 0 Å². The first-order valence-electron chi connectivity index (χ1n) is 6.58. The molecule has 0 bridgehead atoms. The Balaban J connectivity index is 1.96. The van der Waals surface area contributed by atoms with E-state index in [1.165, 1.54) is 23.3 Å². The van der Waals surface area contributed by atoms with Crippen LogP contribution in [0.15, 0.2) is 32.3 Å². The molecule has 0 aromatic carbocycles. The van der Waals surface area contributed by atoms with Crippen molar-refractivity contribution < 1.29 is 4.42 Å². The summed E-state index contributed by atoms with van der Waals surface area (Å²) in [5, 5.41) is 9.37. The van der Waals surface area contributed by atoms with E-state index >= 15 is 0 Å². The second-order valence-corrected chi connectivity index (χ2v) is 6.96. The van der Waals surface area contributed by atoms with Crippen molar-refractivity contribution in [1.29, 1.82) is 0 Å². The van der Waals surface area contributed by atoms with Crippen molar-refractivity contribution in [3.8, 4) is 11.6 Å². The molecule has 6 nitrogen and oxygen atoms in total. The van der Waals surface area contributed by atoms with E-state index in [-0.39, 0.29) is 0 Å². The molecule has 8 heteroatoms. The van der Waals surface area contributed by atoms with Gasteiger partial charge < -0.3 is 4.42 Å². The van der Waals surface area contributed by atoms with Crippen LogP contribution in [-0.4, -0.2) is 24.1 Å². The number of furan rings is 1. The average Bonchev–Trinajstić information content (AvgIpc) is 3.12. The van der Waals surface area contributed by atoms with Crippen molar-refractivity contribution in [3.63, 3.8) is 0 Å². The largest absolute Gasteiger partial charge is 0.461 e. The van der Waals surface area contributed by atoms with Gasteiger partial charge in [0, 0.05) is 6.54 Å². The second kappa shape index (κ2) is 5.98. The molecule has 3 heterocycles. The van der Waals surface area contributed by atoms with Crippen molar-refractivity contribution in [2.75, 3.05) is 0 Å². The normalized spacial score (nSPS) is 11.4. The number of hydrogen-bond acceptors (Lipinski definition) is 7. The monoisotopic (exact) mass is 321 g/mol. The molecule has 0 fully saturated rings. The molecule has 0 aliphatic rings. The van der Waals surface area contributed by atoms with Gasteiger partial charge in [0.25, 0.3) is 0 Å². The van der Waals surface area contributed by atoms with Gasteiger partial charge in [-0.15, -0.1) is 10.2 Å². The van der Waals surface area contributed by atoms with Crippen molar-refractivity contribution in [2.45, 2.75) is 36.8 Å². The van der Waals surface area contributed by atoms with Crippen LogP contribution >= 0.6 is 23.3 Å². The molecule has 0 radical (unpaired) electrons. The van der Waals surface area contributed by atoms with Crippen molar-refractivity contribution in [2.24, 2.45) is 5.92 Å². The summed E-state index contributed by atoms with van der Waals surface area (Å²) in [6.07, 6.45) is 1.64. The Labute approximate surface area is 130 Å². The topological polar surface area (TPSA) is 69.6 Å². The van der Waals surface area contributed by atoms with E-state index in [0.717, 1.165) is 33.4 Å². The number of nitrogens with zero attached hydrogens (tertiary/aromatic N) is 5. The fourth-order valence-electron chi connectivity index (χ4n) is 1.88. The van der Waals surface area contributed by atoms with Crippen LogP contribution in [0.4, 0.5) is 0 Å². The van der Waals surface area contributed by atoms with Crippen LogP contribution in [0.3, 0.4) is 0 Å². The molecule has 0 aliphatic heterocycles. The fraction of sp³-hybridized carbons (Fsp3) is 0.385. The van der Waals surface area contributed by atoms with Gasteiger partial charge in [-0.25, -0.2) is 4.98 Å². The van der Waals surface area contributed by atoms with Gasteiger partial charge in [-0.3, -0.25) is 4.57 Å². The van der Waals surface area contributed by atoms with Gasteiger partial charge in [0.1, 0.15) is 5.82 Å². The Morgan fingerprint density at radius 1 is 1.38 bits per heavy atom. The molecule has 0 spiro atoms. The van der Waals surface area contributed by atoms with E-state index in [1.54, 1.807) is 6.26 Å². The molecular formula is C13H15N5OS2. The third-order valence-electron chi connectivity index (χ3n) is 2.69. The molecular weight excluding hydrogens is 306 g/mol. The SMILES string of the molecule is Cc1nsc(Sc2nnc(-c3ccco3)n2CC(C)C)n1. The van der Waals surface area contributed by atoms with E-state index in [0.29, 0.717) is 5.92 Å². The predicted molar refractivity (Wildman–Crippen MR) is 81.3 cm³/mol. The number of rotatable bonds is 5. The third kappa shape index (κ3) is 3.16. The highest BCUT2D eigenvalue weighted by Crippen LogP contribution is 2.31. The highest BCUT2D eigenvalue weighted by molar-refractivity contribution is 8.00. The van der Waals surface area contributed by atoms with Crippen molar-refractivity contribution in [3.05, 3.63) is 24.2 Å². The minimum absolute atomic E-state index is 0.477. The van der Waals surface area contributed by atoms with E-state index in [2.05, 4.69) is 38.0 Å². The zero-order chi connectivity index (χ0) is 14.8. The van der Waals surface area contributed by atoms with Crippen LogP contribution in [-0.2, 0) is 6.54 Å². The summed E-state index contributed by atoms with van der Waals surface area (Å²) in [5.74, 6) is 2.73. The molecule has 110 valence electrons. The van der Waals surface area contributed by atoms with Crippen molar-refractivity contribution in [1.82, 2.24) is 24.1 Å². The molecule has 0 atom stereocenters. The maximum atomic E-state index is 5.45. The highest BCUT2D eigenvalue weighted by atomic mass is 32.2. The lowest BCUT2D eigenvalue weighted by Gasteiger charge is -2.10. The molecule has 0 aliphatic carbocycles. The first kappa shape index (κ1) is 14.3. The summed E-state index contributed by atoms with van der Waals surface area (Å²) in [4.78, 5) is 4.36. The molecule has 0 amide bonds. The molecule has 3 aromatic rings. The fourth-order valence-corrected chi connectivity index (χ4v) is 3.47. The van der Waals surface area contributed by atoms with Gasteiger partial charge in [-0.05, 0) is 48.3 Å². The van der Waals surface area contributed by atoms with E-state index in [1.807, 2.05) is 19.1 Å². The summed E-state index contributed by atoms with van der Waals surface area (Å²) in [7, 11) is 0. The molecule has 0 unspecified atom stereocenters. The lowest BCUT2D eigenvalue weighted by molar-refractivity contribution is 0.489. The first-order chi connectivity index (χ1) is 10.1. The molecule has 3 rings (SSSR count). The standard InChI is InChI=1S/C13H15N5OS2/c1-8(2)7-18-11(10-5-4-6-19-10)15-16-12(18)20-13-14-9(3)17-21-13/h4-6,8H,7H2,1-3H3. The number of aromatic nitrogens is 5. The van der Waals surface area contributed by atoms with Crippen LogP contribution in [0, 0.1) is 12.8 Å². The summed E-state index contributed by atoms with van der Waals surface area (Å²) >= 11 is 2.86. The molecule has 21 heavy (non-hydrogen) atoms. The Kier molecular flexibility index (Phi) is 4.07. The van der Waals surface area contributed by atoms with Crippen molar-refractivity contribution >= 4 is 23.3 Å². The zero-order valence-corrected chi connectivity index (χ0v) is 13.6. The van der Waals surface area contributed by atoms with Gasteiger partial charge in [0.2, 0.25) is 0 Å². The summed E-state index contributed by atoms with van der Waals surface area (Å²) in [6, 6.07) is 3.75. The van der Waals surface area contributed by atoms with Crippen LogP contribution in [0.2, 0.25) is 0 Å². The Hall–Kier alpha value is -1.67. The predicted octanol–water partition coefficient (Wildman–Crippen LogP) is 3.51. The van der Waals surface area contributed by atoms with Gasteiger partial charge in [-0.2, -0.15) is 4.37 Å². The Morgan fingerprint density at radius 3 is 2.86 bits per heavy atom. The molecule has 3 aromatic heterocycles. The quantitative estimate of drug-likeness (QED) is 0.716. The minimum atomic E-state index is 0.477. The smallest absolute Gasteiger partial charge is 0.200 e. The lowest BCUT2D eigenvalue weighted by atomic mass is 10.2. The Morgan fingerprint density at radius 2 is 2.24 bits per heavy atom. The highest BCUT2D eigenvalue weighted by Gasteiger charge is 2.18. The third-order valence-corrected chi connectivity index (χ3v) is 4.52. The summed E-state index contributed by atoms with van der Waals surface area (Å²) in [5.41, 5.74) is 0. The van der Waals surface area contributed by atoms with Gasteiger partial charge in [0.15, 0.2) is 21.1 Å². The average molecular weight is 321 g/mol. The molecule has 0 N–H and O–H groups in total. The maximum absolute atomic E-state index is 5.45. The second-order valence-electron chi connectivity index (χ2n) is 5.00. The van der Waals surface area contributed by atoms with Crippen LogP contribution in [0.25, 0.3) is 11.6 Å². The lowest BCUT2D eigenvalue weighted by Crippen LogP contribution is -2.07. The zero-order valence-electron chi connectivity index (χ0n) is 12.0. The minimum Gasteiger partial charge on any atom is -0.461 e. The molecule has 0 saturated carbocycles. The van der Waals surface area contributed by atoms with E-state index in [9.17, 15) is 0 Å². The van der Waals surface area contributed by atoms with E-state index in [4.69, 9.17) is 4.42 Å². The van der Waals surface area contributed by atoms with Crippen LogP contribution < -0.4 is 0 Å². The Bertz CT molecular complexity index is 717. The van der Waals surface area contributed by atoms with Crippen LogP contribution in [0.5, 0.6) is 0 Å². The molecule has 0 saturated heterocycles. The maximum Gasteiger partial charge on any atom is 0.200 e. The summed E-state index contributed by atoms with van der Waals surface area (Å²) < 4.78 is 12.6. The summed E-state index contributed by atoms with van der Waals surface area (Å²) in [6.45, 7) is 7.03. The van der Waals surface area contributed by atoms with Gasteiger partial charge in [0.05, 0.1) is 6.26 Å². The van der Waals surface area contributed by atoms with Gasteiger partial charge in [-0.1, -0.05) is 13.8 Å².